The van der Waals surface area contributed by atoms with Crippen LogP contribution in [0.5, 0.6) is 0 Å². The summed E-state index contributed by atoms with van der Waals surface area (Å²) in [7, 11) is 0. The molecule has 0 nitrogen and oxygen atoms in total. The van der Waals surface area contributed by atoms with Crippen LogP contribution in [0.15, 0.2) is 48.5 Å². The molecule has 0 saturated carbocycles. The lowest BCUT2D eigenvalue weighted by Crippen LogP contribution is -2.05. The Bertz CT molecular complexity index is 505. The van der Waals surface area contributed by atoms with E-state index in [-0.39, 0.29) is 0 Å². The topological polar surface area (TPSA) is 0 Å². The minimum atomic E-state index is 0.418. The third-order valence-corrected chi connectivity index (χ3v) is 4.26. The lowest BCUT2D eigenvalue weighted by atomic mass is 9.93. The number of hydrogen-bond acceptors (Lipinski definition) is 0. The predicted molar refractivity (Wildman–Crippen MR) is 82.9 cm³/mol. The Morgan fingerprint density at radius 2 is 1.72 bits per heavy atom. The third kappa shape index (κ3) is 3.37. The molecule has 0 heterocycles. The van der Waals surface area contributed by atoms with E-state index in [0.717, 1.165) is 16.8 Å². The van der Waals surface area contributed by atoms with Crippen LogP contribution >= 0.6 is 27.5 Å². The van der Waals surface area contributed by atoms with Gasteiger partial charge in [0.1, 0.15) is 0 Å². The summed E-state index contributed by atoms with van der Waals surface area (Å²) in [6.45, 7) is 2.11. The number of aryl methyl sites for hydroxylation is 1. The highest BCUT2D eigenvalue weighted by Crippen LogP contribution is 2.29. The van der Waals surface area contributed by atoms with Gasteiger partial charge in [-0.15, -0.1) is 0 Å². The van der Waals surface area contributed by atoms with E-state index in [9.17, 15) is 0 Å². The van der Waals surface area contributed by atoms with E-state index in [1.807, 2.05) is 18.2 Å². The fraction of sp³-hybridized carbons (Fsp3) is 0.250. The van der Waals surface area contributed by atoms with Crippen molar-refractivity contribution in [1.29, 1.82) is 0 Å². The van der Waals surface area contributed by atoms with Gasteiger partial charge in [0.05, 0.1) is 0 Å². The second-order valence-electron chi connectivity index (χ2n) is 4.56. The van der Waals surface area contributed by atoms with Gasteiger partial charge in [-0.1, -0.05) is 75.6 Å². The van der Waals surface area contributed by atoms with Gasteiger partial charge in [-0.05, 0) is 36.5 Å². The number of halogens is 2. The van der Waals surface area contributed by atoms with E-state index in [1.165, 1.54) is 16.7 Å². The Kier molecular flexibility index (Phi) is 4.85. The van der Waals surface area contributed by atoms with Gasteiger partial charge in [0, 0.05) is 10.4 Å². The smallest absolute Gasteiger partial charge is 0.0441 e. The van der Waals surface area contributed by atoms with E-state index in [0.29, 0.717) is 5.92 Å². The Morgan fingerprint density at radius 1 is 1.06 bits per heavy atom. The van der Waals surface area contributed by atoms with Crippen molar-refractivity contribution in [3.63, 3.8) is 0 Å². The summed E-state index contributed by atoms with van der Waals surface area (Å²) in [5.74, 6) is 0.418. The summed E-state index contributed by atoms with van der Waals surface area (Å²) in [5, 5.41) is 1.78. The molecule has 0 aliphatic rings. The first kappa shape index (κ1) is 13.6. The zero-order valence-corrected chi connectivity index (χ0v) is 12.7. The molecule has 0 bridgehead atoms. The van der Waals surface area contributed by atoms with Gasteiger partial charge in [0.15, 0.2) is 0 Å². The van der Waals surface area contributed by atoms with Crippen molar-refractivity contribution in [3.05, 3.63) is 70.2 Å². The quantitative estimate of drug-likeness (QED) is 0.664. The van der Waals surface area contributed by atoms with Crippen molar-refractivity contribution in [3.8, 4) is 0 Å². The van der Waals surface area contributed by atoms with Crippen LogP contribution in [-0.4, -0.2) is 5.33 Å². The molecule has 0 fully saturated rings. The van der Waals surface area contributed by atoms with Crippen LogP contribution in [0.1, 0.15) is 22.6 Å². The summed E-state index contributed by atoms with van der Waals surface area (Å²) in [4.78, 5) is 0. The minimum Gasteiger partial charge on any atom is -0.0921 e. The van der Waals surface area contributed by atoms with Crippen molar-refractivity contribution in [1.82, 2.24) is 0 Å². The Morgan fingerprint density at radius 3 is 2.33 bits per heavy atom. The van der Waals surface area contributed by atoms with Crippen LogP contribution in [0.25, 0.3) is 0 Å². The molecule has 0 saturated heterocycles. The summed E-state index contributed by atoms with van der Waals surface area (Å²) in [6.07, 6.45) is 1.01. The number of alkyl halides is 1. The van der Waals surface area contributed by atoms with Gasteiger partial charge in [0.2, 0.25) is 0 Å². The molecule has 2 aromatic carbocycles. The lowest BCUT2D eigenvalue weighted by molar-refractivity contribution is 0.775. The Balaban J connectivity index is 2.20. The maximum atomic E-state index is 6.27. The van der Waals surface area contributed by atoms with E-state index in [1.54, 1.807) is 0 Å². The third-order valence-electron chi connectivity index (χ3n) is 3.13. The average Bonchev–Trinajstić information content (AvgIpc) is 2.39. The first-order valence-electron chi connectivity index (χ1n) is 6.06. The molecule has 0 radical (unpaired) electrons. The molecule has 0 aliphatic carbocycles. The van der Waals surface area contributed by atoms with Crippen molar-refractivity contribution in [2.24, 2.45) is 0 Å². The van der Waals surface area contributed by atoms with Crippen LogP contribution in [0.3, 0.4) is 0 Å². The average molecular weight is 324 g/mol. The summed E-state index contributed by atoms with van der Waals surface area (Å²) in [5.41, 5.74) is 3.87. The van der Waals surface area contributed by atoms with Gasteiger partial charge >= 0.3 is 0 Å². The van der Waals surface area contributed by atoms with Crippen molar-refractivity contribution < 1.29 is 0 Å². The molecule has 2 aromatic rings. The maximum absolute atomic E-state index is 6.27. The zero-order chi connectivity index (χ0) is 13.0. The van der Waals surface area contributed by atoms with Crippen molar-refractivity contribution >= 4 is 27.5 Å². The van der Waals surface area contributed by atoms with Gasteiger partial charge in [0.25, 0.3) is 0 Å². The van der Waals surface area contributed by atoms with Crippen LogP contribution in [0.2, 0.25) is 5.02 Å². The number of rotatable bonds is 4. The molecular formula is C16H16BrCl. The van der Waals surface area contributed by atoms with Crippen LogP contribution in [0.4, 0.5) is 0 Å². The Labute approximate surface area is 122 Å². The van der Waals surface area contributed by atoms with Gasteiger partial charge in [-0.25, -0.2) is 0 Å². The fourth-order valence-corrected chi connectivity index (χ4v) is 2.93. The molecular weight excluding hydrogens is 308 g/mol. The number of benzene rings is 2. The van der Waals surface area contributed by atoms with Crippen LogP contribution in [0, 0.1) is 6.92 Å². The van der Waals surface area contributed by atoms with Crippen molar-refractivity contribution in [2.45, 2.75) is 19.3 Å². The molecule has 1 unspecified atom stereocenters. The van der Waals surface area contributed by atoms with Crippen LogP contribution < -0.4 is 0 Å². The monoisotopic (exact) mass is 322 g/mol. The van der Waals surface area contributed by atoms with E-state index < -0.39 is 0 Å². The largest absolute Gasteiger partial charge is 0.0921 e. The highest BCUT2D eigenvalue weighted by Gasteiger charge is 2.13. The predicted octanol–water partition coefficient (Wildman–Crippen LogP) is 5.37. The number of hydrogen-bond donors (Lipinski definition) is 0. The SMILES string of the molecule is Cc1ccc(CC(CBr)c2ccccc2Cl)cc1. The van der Waals surface area contributed by atoms with Gasteiger partial charge in [-0.2, -0.15) is 0 Å². The van der Waals surface area contributed by atoms with E-state index in [2.05, 4.69) is 53.2 Å². The molecule has 1 atom stereocenters. The van der Waals surface area contributed by atoms with E-state index >= 15 is 0 Å². The Hall–Kier alpha value is -0.790. The second-order valence-corrected chi connectivity index (χ2v) is 5.62. The normalized spacial score (nSPS) is 12.4. The van der Waals surface area contributed by atoms with Crippen LogP contribution in [-0.2, 0) is 6.42 Å². The first-order chi connectivity index (χ1) is 8.70. The highest BCUT2D eigenvalue weighted by molar-refractivity contribution is 9.09. The zero-order valence-electron chi connectivity index (χ0n) is 10.4. The molecule has 0 amide bonds. The highest BCUT2D eigenvalue weighted by atomic mass is 79.9. The molecule has 0 aliphatic heterocycles. The standard InChI is InChI=1S/C16H16BrCl/c1-12-6-8-13(9-7-12)10-14(11-17)15-4-2-3-5-16(15)18/h2-9,14H,10-11H2,1H3. The lowest BCUT2D eigenvalue weighted by Gasteiger charge is -2.16. The molecule has 0 N–H and O–H groups in total. The summed E-state index contributed by atoms with van der Waals surface area (Å²) < 4.78 is 0. The first-order valence-corrected chi connectivity index (χ1v) is 7.56. The van der Waals surface area contributed by atoms with E-state index in [4.69, 9.17) is 11.6 Å². The molecule has 2 rings (SSSR count). The molecule has 18 heavy (non-hydrogen) atoms. The second kappa shape index (κ2) is 6.40. The fourth-order valence-electron chi connectivity index (χ4n) is 2.06. The minimum absolute atomic E-state index is 0.418. The maximum Gasteiger partial charge on any atom is 0.0441 e. The van der Waals surface area contributed by atoms with Gasteiger partial charge in [-0.3, -0.25) is 0 Å². The van der Waals surface area contributed by atoms with Gasteiger partial charge < -0.3 is 0 Å². The van der Waals surface area contributed by atoms with Crippen molar-refractivity contribution in [2.75, 3.05) is 5.33 Å². The molecule has 94 valence electrons. The summed E-state index contributed by atoms with van der Waals surface area (Å²) in [6, 6.07) is 16.8. The summed E-state index contributed by atoms with van der Waals surface area (Å²) >= 11 is 9.87. The molecule has 2 heteroatoms. The molecule has 0 spiro atoms. The molecule has 0 aromatic heterocycles.